The molecule has 27 heavy (non-hydrogen) atoms. The molecule has 2 aromatic carbocycles. The van der Waals surface area contributed by atoms with Crippen molar-refractivity contribution < 1.29 is 4.79 Å². The first kappa shape index (κ1) is 17.8. The van der Waals surface area contributed by atoms with Crippen molar-refractivity contribution in [3.05, 3.63) is 59.4 Å². The summed E-state index contributed by atoms with van der Waals surface area (Å²) in [6, 6.07) is 12.6. The van der Waals surface area contributed by atoms with Crippen LogP contribution in [0.5, 0.6) is 0 Å². The fourth-order valence-electron chi connectivity index (χ4n) is 4.23. The summed E-state index contributed by atoms with van der Waals surface area (Å²) in [7, 11) is 0. The standard InChI is InChI=1S/C23H27N3O/c1-15-10-16(2)12-19(11-15)26-14-24-21-13-18(8-9-22(21)26)23(27)25-20-7-5-4-6-17(20)3/h8-14,17,20H,4-7H2,1-3H3,(H,25,27). The van der Waals surface area contributed by atoms with Gasteiger partial charge >= 0.3 is 0 Å². The molecular weight excluding hydrogens is 334 g/mol. The van der Waals surface area contributed by atoms with E-state index in [1.165, 1.54) is 30.4 Å². The van der Waals surface area contributed by atoms with E-state index in [4.69, 9.17) is 0 Å². The Bertz CT molecular complexity index is 968. The Morgan fingerprint density at radius 3 is 2.56 bits per heavy atom. The molecular formula is C23H27N3O. The summed E-state index contributed by atoms with van der Waals surface area (Å²) in [5.74, 6) is 0.562. The number of amides is 1. The van der Waals surface area contributed by atoms with Gasteiger partial charge < -0.3 is 5.32 Å². The van der Waals surface area contributed by atoms with E-state index in [0.717, 1.165) is 23.1 Å². The van der Waals surface area contributed by atoms with Gasteiger partial charge in [0, 0.05) is 17.3 Å². The molecule has 1 fully saturated rings. The van der Waals surface area contributed by atoms with Crippen LogP contribution in [0.15, 0.2) is 42.7 Å². The number of hydrogen-bond donors (Lipinski definition) is 1. The van der Waals surface area contributed by atoms with Crippen molar-refractivity contribution >= 4 is 16.9 Å². The summed E-state index contributed by atoms with van der Waals surface area (Å²) < 4.78 is 2.08. The van der Waals surface area contributed by atoms with Crippen LogP contribution in [0.3, 0.4) is 0 Å². The van der Waals surface area contributed by atoms with Gasteiger partial charge in [-0.15, -0.1) is 0 Å². The van der Waals surface area contributed by atoms with E-state index in [0.29, 0.717) is 11.5 Å². The monoisotopic (exact) mass is 361 g/mol. The number of rotatable bonds is 3. The Morgan fingerprint density at radius 2 is 1.81 bits per heavy atom. The number of hydrogen-bond acceptors (Lipinski definition) is 2. The molecule has 4 heteroatoms. The molecule has 1 saturated carbocycles. The number of carbonyl (C=O) groups is 1. The molecule has 2 atom stereocenters. The van der Waals surface area contributed by atoms with Crippen LogP contribution < -0.4 is 5.32 Å². The van der Waals surface area contributed by atoms with Crippen LogP contribution in [0.4, 0.5) is 0 Å². The van der Waals surface area contributed by atoms with Gasteiger partial charge in [0.1, 0.15) is 6.33 Å². The molecule has 1 N–H and O–H groups in total. The van der Waals surface area contributed by atoms with Crippen molar-refractivity contribution in [3.63, 3.8) is 0 Å². The molecule has 3 aromatic rings. The second-order valence-electron chi connectivity index (χ2n) is 8.01. The van der Waals surface area contributed by atoms with Crippen molar-refractivity contribution in [2.24, 2.45) is 5.92 Å². The Hall–Kier alpha value is -2.62. The minimum Gasteiger partial charge on any atom is -0.349 e. The largest absolute Gasteiger partial charge is 0.349 e. The van der Waals surface area contributed by atoms with E-state index in [2.05, 4.69) is 53.8 Å². The second-order valence-corrected chi connectivity index (χ2v) is 8.01. The molecule has 2 unspecified atom stereocenters. The third kappa shape index (κ3) is 3.61. The van der Waals surface area contributed by atoms with Gasteiger partial charge in [0.05, 0.1) is 11.0 Å². The molecule has 0 bridgehead atoms. The first-order chi connectivity index (χ1) is 13.0. The van der Waals surface area contributed by atoms with E-state index in [9.17, 15) is 4.79 Å². The second kappa shape index (κ2) is 7.18. The van der Waals surface area contributed by atoms with E-state index >= 15 is 0 Å². The van der Waals surface area contributed by atoms with Crippen molar-refractivity contribution in [2.75, 3.05) is 0 Å². The molecule has 4 rings (SSSR count). The number of aromatic nitrogens is 2. The SMILES string of the molecule is Cc1cc(C)cc(-n2cnc3cc(C(=O)NC4CCCCC4C)ccc32)c1. The summed E-state index contributed by atoms with van der Waals surface area (Å²) in [5, 5.41) is 3.23. The Kier molecular flexibility index (Phi) is 4.73. The van der Waals surface area contributed by atoms with Gasteiger partial charge in [0.15, 0.2) is 0 Å². The summed E-state index contributed by atoms with van der Waals surface area (Å²) >= 11 is 0. The molecule has 0 spiro atoms. The summed E-state index contributed by atoms with van der Waals surface area (Å²) in [6.45, 7) is 6.44. The van der Waals surface area contributed by atoms with Crippen LogP contribution in [-0.4, -0.2) is 21.5 Å². The summed E-state index contributed by atoms with van der Waals surface area (Å²) in [6.07, 6.45) is 6.59. The van der Waals surface area contributed by atoms with Crippen molar-refractivity contribution in [1.82, 2.24) is 14.9 Å². The fourth-order valence-corrected chi connectivity index (χ4v) is 4.23. The van der Waals surface area contributed by atoms with Crippen molar-refractivity contribution in [1.29, 1.82) is 0 Å². The molecule has 1 aliphatic rings. The number of nitrogens with one attached hydrogen (secondary N) is 1. The van der Waals surface area contributed by atoms with Gasteiger partial charge in [-0.2, -0.15) is 0 Å². The third-order valence-corrected chi connectivity index (χ3v) is 5.72. The molecule has 1 aliphatic carbocycles. The minimum atomic E-state index is 0.0107. The number of benzene rings is 2. The maximum Gasteiger partial charge on any atom is 0.251 e. The number of nitrogens with zero attached hydrogens (tertiary/aromatic N) is 2. The highest BCUT2D eigenvalue weighted by Crippen LogP contribution is 2.25. The minimum absolute atomic E-state index is 0.0107. The topological polar surface area (TPSA) is 46.9 Å². The lowest BCUT2D eigenvalue weighted by atomic mass is 9.86. The predicted octanol–water partition coefficient (Wildman–Crippen LogP) is 4.95. The average molecular weight is 361 g/mol. The van der Waals surface area contributed by atoms with Gasteiger partial charge in [-0.25, -0.2) is 4.98 Å². The van der Waals surface area contributed by atoms with Gasteiger partial charge in [0.2, 0.25) is 0 Å². The zero-order valence-electron chi connectivity index (χ0n) is 16.3. The molecule has 4 nitrogen and oxygen atoms in total. The molecule has 0 saturated heterocycles. The Balaban J connectivity index is 1.61. The Labute approximate surface area is 160 Å². The predicted molar refractivity (Wildman–Crippen MR) is 109 cm³/mol. The van der Waals surface area contributed by atoms with Crippen molar-refractivity contribution in [3.8, 4) is 5.69 Å². The summed E-state index contributed by atoms with van der Waals surface area (Å²) in [4.78, 5) is 17.3. The quantitative estimate of drug-likeness (QED) is 0.717. The zero-order chi connectivity index (χ0) is 19.0. The van der Waals surface area contributed by atoms with Crippen molar-refractivity contribution in [2.45, 2.75) is 52.5 Å². The normalized spacial score (nSPS) is 20.0. The summed E-state index contributed by atoms with van der Waals surface area (Å²) in [5.41, 5.74) is 6.10. The maximum absolute atomic E-state index is 12.7. The highest BCUT2D eigenvalue weighted by molar-refractivity contribution is 5.97. The zero-order valence-corrected chi connectivity index (χ0v) is 16.3. The van der Waals surface area contributed by atoms with Crippen LogP contribution in [0.2, 0.25) is 0 Å². The highest BCUT2D eigenvalue weighted by Gasteiger charge is 2.23. The lowest BCUT2D eigenvalue weighted by Crippen LogP contribution is -2.41. The van der Waals surface area contributed by atoms with E-state index in [1.54, 1.807) is 0 Å². The van der Waals surface area contributed by atoms with Crippen LogP contribution >= 0.6 is 0 Å². The maximum atomic E-state index is 12.7. The number of imidazole rings is 1. The first-order valence-corrected chi connectivity index (χ1v) is 9.88. The molecule has 0 aliphatic heterocycles. The first-order valence-electron chi connectivity index (χ1n) is 9.88. The van der Waals surface area contributed by atoms with Crippen LogP contribution in [-0.2, 0) is 0 Å². The van der Waals surface area contributed by atoms with Gasteiger partial charge in [0.25, 0.3) is 5.91 Å². The fraction of sp³-hybridized carbons (Fsp3) is 0.391. The van der Waals surface area contributed by atoms with Gasteiger partial charge in [-0.05, 0) is 74.1 Å². The number of fused-ring (bicyclic) bond motifs is 1. The highest BCUT2D eigenvalue weighted by atomic mass is 16.1. The number of carbonyl (C=O) groups excluding carboxylic acids is 1. The van der Waals surface area contributed by atoms with E-state index in [1.807, 2.05) is 24.5 Å². The molecule has 0 radical (unpaired) electrons. The van der Waals surface area contributed by atoms with Crippen LogP contribution in [0, 0.1) is 19.8 Å². The molecule has 140 valence electrons. The van der Waals surface area contributed by atoms with Crippen LogP contribution in [0.1, 0.15) is 54.1 Å². The van der Waals surface area contributed by atoms with Gasteiger partial charge in [-0.3, -0.25) is 9.36 Å². The van der Waals surface area contributed by atoms with E-state index < -0.39 is 0 Å². The third-order valence-electron chi connectivity index (χ3n) is 5.72. The average Bonchev–Trinajstić information content (AvgIpc) is 3.06. The lowest BCUT2D eigenvalue weighted by Gasteiger charge is -2.29. The van der Waals surface area contributed by atoms with Gasteiger partial charge in [-0.1, -0.05) is 25.8 Å². The number of aryl methyl sites for hydroxylation is 2. The smallest absolute Gasteiger partial charge is 0.251 e. The van der Waals surface area contributed by atoms with E-state index in [-0.39, 0.29) is 11.9 Å². The Morgan fingerprint density at radius 1 is 1.07 bits per heavy atom. The lowest BCUT2D eigenvalue weighted by molar-refractivity contribution is 0.0910. The molecule has 1 amide bonds. The molecule has 1 aromatic heterocycles. The molecule has 1 heterocycles. The van der Waals surface area contributed by atoms with Crippen LogP contribution in [0.25, 0.3) is 16.7 Å².